The molecule has 0 saturated carbocycles. The summed E-state index contributed by atoms with van der Waals surface area (Å²) >= 11 is 6.19. The second-order valence-electron chi connectivity index (χ2n) is 7.03. The second kappa shape index (κ2) is 8.53. The highest BCUT2D eigenvalue weighted by Crippen LogP contribution is 2.30. The van der Waals surface area contributed by atoms with Crippen molar-refractivity contribution in [2.75, 3.05) is 5.75 Å². The average molecular weight is 454 g/mol. The fourth-order valence-electron chi connectivity index (χ4n) is 3.38. The fourth-order valence-corrected chi connectivity index (χ4v) is 4.09. The Bertz CT molecular complexity index is 1370. The summed E-state index contributed by atoms with van der Waals surface area (Å²) in [6, 6.07) is 22.7. The third-order valence-corrected chi connectivity index (χ3v) is 6.41. The van der Waals surface area contributed by atoms with Crippen LogP contribution in [0.15, 0.2) is 72.8 Å². The van der Waals surface area contributed by atoms with Crippen molar-refractivity contribution in [3.8, 4) is 11.3 Å². The Hall–Kier alpha value is -3.16. The monoisotopic (exact) mass is 453 g/mol. The zero-order valence-corrected chi connectivity index (χ0v) is 18.3. The van der Waals surface area contributed by atoms with Crippen LogP contribution in [0.2, 0.25) is 5.02 Å². The van der Waals surface area contributed by atoms with Gasteiger partial charge < -0.3 is 4.57 Å². The highest BCUT2D eigenvalue weighted by atomic mass is 35.5. The van der Waals surface area contributed by atoms with Gasteiger partial charge in [0.2, 0.25) is 10.0 Å². The summed E-state index contributed by atoms with van der Waals surface area (Å²) in [5, 5.41) is 1.65. The molecule has 0 aliphatic heterocycles. The van der Waals surface area contributed by atoms with Gasteiger partial charge in [-0.3, -0.25) is 4.79 Å². The lowest BCUT2D eigenvalue weighted by atomic mass is 10.1. The highest BCUT2D eigenvalue weighted by Gasteiger charge is 2.17. The number of hydrogen-bond acceptors (Lipinski definition) is 4. The van der Waals surface area contributed by atoms with E-state index in [0.717, 1.165) is 22.2 Å². The third-order valence-electron chi connectivity index (χ3n) is 4.92. The van der Waals surface area contributed by atoms with E-state index in [-0.39, 0.29) is 11.4 Å². The molecule has 0 atom stereocenters. The number of fused-ring (bicyclic) bond motifs is 1. The molecule has 0 fully saturated rings. The first kappa shape index (κ1) is 21.1. The normalized spacial score (nSPS) is 11.5. The second-order valence-corrected chi connectivity index (χ2v) is 9.48. The minimum atomic E-state index is -3.66. The SMILES string of the molecule is CCS(=O)(=O)NC(=O)c1cccc(Cn2c(-c3ccccc3)cc3cc(Cl)ccc32)n1. The number of carbonyl (C=O) groups is 1. The van der Waals surface area contributed by atoms with Crippen LogP contribution in [0.5, 0.6) is 0 Å². The maximum atomic E-state index is 12.3. The molecule has 0 bridgehead atoms. The molecule has 2 heterocycles. The summed E-state index contributed by atoms with van der Waals surface area (Å²) < 4.78 is 27.6. The molecular weight excluding hydrogens is 434 g/mol. The number of sulfonamides is 1. The Balaban J connectivity index is 1.74. The summed E-state index contributed by atoms with van der Waals surface area (Å²) in [5.74, 6) is -0.923. The molecule has 0 spiro atoms. The van der Waals surface area contributed by atoms with Gasteiger partial charge in [-0.15, -0.1) is 0 Å². The lowest BCUT2D eigenvalue weighted by Gasteiger charge is -2.12. The number of amides is 1. The molecule has 6 nitrogen and oxygen atoms in total. The zero-order chi connectivity index (χ0) is 22.0. The largest absolute Gasteiger partial charge is 0.334 e. The number of halogens is 1. The maximum absolute atomic E-state index is 12.3. The number of aromatic nitrogens is 2. The Morgan fingerprint density at radius 3 is 2.55 bits per heavy atom. The molecule has 0 aliphatic carbocycles. The van der Waals surface area contributed by atoms with Gasteiger partial charge in [0.1, 0.15) is 5.69 Å². The van der Waals surface area contributed by atoms with Gasteiger partial charge in [0, 0.05) is 21.6 Å². The number of hydrogen-bond donors (Lipinski definition) is 1. The molecule has 2 aromatic carbocycles. The van der Waals surface area contributed by atoms with Crippen LogP contribution in [0.4, 0.5) is 0 Å². The van der Waals surface area contributed by atoms with Crippen LogP contribution >= 0.6 is 11.6 Å². The fraction of sp³-hybridized carbons (Fsp3) is 0.130. The first-order chi connectivity index (χ1) is 14.9. The Morgan fingerprint density at radius 2 is 1.81 bits per heavy atom. The third kappa shape index (κ3) is 4.62. The van der Waals surface area contributed by atoms with Crippen LogP contribution in [0, 0.1) is 0 Å². The first-order valence-corrected chi connectivity index (χ1v) is 11.7. The molecule has 0 radical (unpaired) electrons. The maximum Gasteiger partial charge on any atom is 0.283 e. The average Bonchev–Trinajstić information content (AvgIpc) is 3.11. The van der Waals surface area contributed by atoms with E-state index < -0.39 is 15.9 Å². The van der Waals surface area contributed by atoms with E-state index in [1.807, 2.05) is 59.3 Å². The number of rotatable bonds is 6. The van der Waals surface area contributed by atoms with E-state index in [1.165, 1.54) is 13.0 Å². The van der Waals surface area contributed by atoms with Gasteiger partial charge in [-0.25, -0.2) is 18.1 Å². The topological polar surface area (TPSA) is 81.1 Å². The molecule has 2 aromatic heterocycles. The van der Waals surface area contributed by atoms with E-state index in [1.54, 1.807) is 6.07 Å². The van der Waals surface area contributed by atoms with E-state index in [4.69, 9.17) is 11.6 Å². The van der Waals surface area contributed by atoms with Crippen LogP contribution in [0.1, 0.15) is 23.1 Å². The molecule has 31 heavy (non-hydrogen) atoms. The molecular formula is C23H20ClN3O3S. The molecule has 4 rings (SSSR count). The summed E-state index contributed by atoms with van der Waals surface area (Å²) in [6.45, 7) is 1.87. The molecule has 0 aliphatic rings. The van der Waals surface area contributed by atoms with Crippen molar-refractivity contribution in [2.45, 2.75) is 13.5 Å². The number of nitrogens with one attached hydrogen (secondary N) is 1. The smallest absolute Gasteiger partial charge is 0.283 e. The van der Waals surface area contributed by atoms with Gasteiger partial charge in [0.15, 0.2) is 0 Å². The van der Waals surface area contributed by atoms with E-state index >= 15 is 0 Å². The molecule has 0 saturated heterocycles. The Kier molecular flexibility index (Phi) is 5.80. The summed E-state index contributed by atoms with van der Waals surface area (Å²) in [7, 11) is -3.66. The standard InChI is InChI=1S/C23H20ClN3O3S/c1-2-31(29,30)26-23(28)20-10-6-9-19(25-20)15-27-21-12-11-18(24)13-17(21)14-22(27)16-7-4-3-5-8-16/h3-14H,2,15H2,1H3,(H,26,28). The van der Waals surface area contributed by atoms with Crippen molar-refractivity contribution in [2.24, 2.45) is 0 Å². The molecule has 158 valence electrons. The molecule has 4 aromatic rings. The van der Waals surface area contributed by atoms with Crippen LogP contribution in [0.3, 0.4) is 0 Å². The predicted octanol–water partition coefficient (Wildman–Crippen LogP) is 4.48. The zero-order valence-electron chi connectivity index (χ0n) is 16.7. The van der Waals surface area contributed by atoms with Gasteiger partial charge in [0.05, 0.1) is 18.0 Å². The van der Waals surface area contributed by atoms with Crippen molar-refractivity contribution in [1.29, 1.82) is 0 Å². The van der Waals surface area contributed by atoms with Crippen molar-refractivity contribution in [1.82, 2.24) is 14.3 Å². The molecule has 0 unspecified atom stereocenters. The lowest BCUT2D eigenvalue weighted by molar-refractivity contribution is 0.0976. The minimum Gasteiger partial charge on any atom is -0.334 e. The van der Waals surface area contributed by atoms with Crippen molar-refractivity contribution in [3.05, 3.63) is 89.2 Å². The van der Waals surface area contributed by atoms with Gasteiger partial charge in [0.25, 0.3) is 5.91 Å². The number of pyridine rings is 1. The van der Waals surface area contributed by atoms with Crippen molar-refractivity contribution >= 4 is 38.4 Å². The van der Waals surface area contributed by atoms with Gasteiger partial charge in [-0.2, -0.15) is 0 Å². The van der Waals surface area contributed by atoms with E-state index in [0.29, 0.717) is 17.3 Å². The summed E-state index contributed by atoms with van der Waals surface area (Å²) in [4.78, 5) is 16.7. The minimum absolute atomic E-state index is 0.0512. The van der Waals surface area contributed by atoms with Crippen LogP contribution < -0.4 is 4.72 Å². The van der Waals surface area contributed by atoms with Gasteiger partial charge >= 0.3 is 0 Å². The van der Waals surface area contributed by atoms with E-state index in [9.17, 15) is 13.2 Å². The quantitative estimate of drug-likeness (QED) is 0.466. The molecule has 1 N–H and O–H groups in total. The predicted molar refractivity (Wildman–Crippen MR) is 123 cm³/mol. The summed E-state index contributed by atoms with van der Waals surface area (Å²) in [6.07, 6.45) is 0. The van der Waals surface area contributed by atoms with Crippen LogP contribution in [-0.4, -0.2) is 29.6 Å². The number of nitrogens with zero attached hydrogens (tertiary/aromatic N) is 2. The number of benzene rings is 2. The van der Waals surface area contributed by atoms with Crippen molar-refractivity contribution < 1.29 is 13.2 Å². The molecule has 8 heteroatoms. The van der Waals surface area contributed by atoms with Crippen molar-refractivity contribution in [3.63, 3.8) is 0 Å². The summed E-state index contributed by atoms with van der Waals surface area (Å²) in [5.41, 5.74) is 3.69. The first-order valence-electron chi connectivity index (χ1n) is 9.71. The van der Waals surface area contributed by atoms with Crippen LogP contribution in [0.25, 0.3) is 22.2 Å². The van der Waals surface area contributed by atoms with Crippen LogP contribution in [-0.2, 0) is 16.6 Å². The highest BCUT2D eigenvalue weighted by molar-refractivity contribution is 7.90. The van der Waals surface area contributed by atoms with Gasteiger partial charge in [-0.1, -0.05) is 48.0 Å². The van der Waals surface area contributed by atoms with Gasteiger partial charge in [-0.05, 0) is 48.9 Å². The van der Waals surface area contributed by atoms with E-state index in [2.05, 4.69) is 15.6 Å². The molecule has 1 amide bonds. The lowest BCUT2D eigenvalue weighted by Crippen LogP contribution is -2.32. The Morgan fingerprint density at radius 1 is 1.03 bits per heavy atom. The number of carbonyl (C=O) groups excluding carboxylic acids is 1. The Labute approximate surface area is 185 Å².